The van der Waals surface area contributed by atoms with Crippen LogP contribution in [0.3, 0.4) is 0 Å². The highest BCUT2D eigenvalue weighted by Gasteiger charge is 2.59. The number of rotatable bonds is 4. The van der Waals surface area contributed by atoms with Crippen LogP contribution in [0.15, 0.2) is 41.8 Å². The lowest BCUT2D eigenvalue weighted by Gasteiger charge is -2.50. The molecule has 2 fully saturated rings. The van der Waals surface area contributed by atoms with E-state index in [4.69, 9.17) is 0 Å². The fourth-order valence-corrected chi connectivity index (χ4v) is 5.03. The van der Waals surface area contributed by atoms with Crippen LogP contribution in [0.2, 0.25) is 0 Å². The zero-order chi connectivity index (χ0) is 18.1. The second kappa shape index (κ2) is 6.88. The highest BCUT2D eigenvalue weighted by atomic mass is 32.1. The van der Waals surface area contributed by atoms with E-state index < -0.39 is 5.54 Å². The number of hydrogen-bond donors (Lipinski definition) is 1. The van der Waals surface area contributed by atoms with Crippen LogP contribution in [-0.4, -0.2) is 17.9 Å². The molecule has 0 spiro atoms. The summed E-state index contributed by atoms with van der Waals surface area (Å²) in [6, 6.07) is 12.0. The third-order valence-electron chi connectivity index (χ3n) is 5.58. The van der Waals surface area contributed by atoms with E-state index in [0.717, 1.165) is 41.8 Å². The first kappa shape index (κ1) is 17.3. The Hall–Kier alpha value is -2.14. The van der Waals surface area contributed by atoms with E-state index in [9.17, 15) is 9.59 Å². The number of benzene rings is 1. The van der Waals surface area contributed by atoms with Crippen molar-refractivity contribution >= 4 is 28.8 Å². The van der Waals surface area contributed by atoms with Gasteiger partial charge in [0, 0.05) is 16.6 Å². The number of β-lactam (4-membered cyclic amide) rings is 1. The maximum Gasteiger partial charge on any atom is 0.252 e. The summed E-state index contributed by atoms with van der Waals surface area (Å²) in [4.78, 5) is 28.6. The van der Waals surface area contributed by atoms with Gasteiger partial charge in [0.25, 0.3) is 5.91 Å². The van der Waals surface area contributed by atoms with Gasteiger partial charge in [-0.1, -0.05) is 43.0 Å². The molecule has 4 nitrogen and oxygen atoms in total. The maximum atomic E-state index is 13.4. The van der Waals surface area contributed by atoms with Gasteiger partial charge < -0.3 is 5.32 Å². The number of hydrogen-bond acceptors (Lipinski definition) is 3. The van der Waals surface area contributed by atoms with Crippen molar-refractivity contribution in [2.24, 2.45) is 0 Å². The minimum atomic E-state index is -0.905. The molecule has 0 radical (unpaired) electrons. The Bertz CT molecular complexity index is 794. The van der Waals surface area contributed by atoms with Crippen molar-refractivity contribution in [3.05, 3.63) is 52.2 Å². The van der Waals surface area contributed by atoms with E-state index >= 15 is 0 Å². The summed E-state index contributed by atoms with van der Waals surface area (Å²) >= 11 is 1.54. The highest BCUT2D eigenvalue weighted by Crippen LogP contribution is 2.47. The van der Waals surface area contributed by atoms with Gasteiger partial charge in [-0.05, 0) is 43.3 Å². The average molecular weight is 369 g/mol. The molecule has 2 aromatic rings. The molecule has 5 heteroatoms. The standard InChI is InChI=1S/C21H24N2O2S/c1-15-9-11-17(12-10-15)23-19(24)14-21(23,18-8-5-13-26-18)20(25)22-16-6-3-2-4-7-16/h5,8-13,16H,2-4,6-7,14H2,1H3,(H,22,25). The fourth-order valence-electron chi connectivity index (χ4n) is 4.11. The van der Waals surface area contributed by atoms with Crippen molar-refractivity contribution < 1.29 is 9.59 Å². The topological polar surface area (TPSA) is 49.4 Å². The quantitative estimate of drug-likeness (QED) is 0.825. The van der Waals surface area contributed by atoms with E-state index in [0.29, 0.717) is 0 Å². The number of carbonyl (C=O) groups excluding carboxylic acids is 2. The van der Waals surface area contributed by atoms with Gasteiger partial charge in [0.1, 0.15) is 0 Å². The predicted molar refractivity (Wildman–Crippen MR) is 104 cm³/mol. The zero-order valence-corrected chi connectivity index (χ0v) is 15.8. The fraction of sp³-hybridized carbons (Fsp3) is 0.429. The third kappa shape index (κ3) is 2.84. The Balaban J connectivity index is 1.69. The normalized spacial score (nSPS) is 23.6. The van der Waals surface area contributed by atoms with E-state index in [1.807, 2.05) is 48.7 Å². The Kier molecular flexibility index (Phi) is 4.57. The van der Waals surface area contributed by atoms with Crippen LogP contribution in [0.1, 0.15) is 49.0 Å². The molecule has 0 bridgehead atoms. The van der Waals surface area contributed by atoms with E-state index in [-0.39, 0.29) is 24.3 Å². The van der Waals surface area contributed by atoms with Gasteiger partial charge in [-0.15, -0.1) is 11.3 Å². The molecule has 1 N–H and O–H groups in total. The second-order valence-corrected chi connectivity index (χ2v) is 8.34. The molecule has 2 heterocycles. The third-order valence-corrected chi connectivity index (χ3v) is 6.60. The van der Waals surface area contributed by atoms with E-state index in [1.54, 1.807) is 16.2 Å². The molecule has 1 unspecified atom stereocenters. The minimum absolute atomic E-state index is 0.000970. The van der Waals surface area contributed by atoms with Gasteiger partial charge in [0.15, 0.2) is 5.54 Å². The number of anilines is 1. The number of thiophene rings is 1. The average Bonchev–Trinajstić information content (AvgIpc) is 3.16. The molecule has 1 aliphatic heterocycles. The molecule has 4 rings (SSSR count). The smallest absolute Gasteiger partial charge is 0.252 e. The molecule has 1 saturated carbocycles. The first-order valence-electron chi connectivity index (χ1n) is 9.36. The lowest BCUT2D eigenvalue weighted by atomic mass is 9.80. The van der Waals surface area contributed by atoms with Gasteiger partial charge in [0.05, 0.1) is 6.42 Å². The first-order chi connectivity index (χ1) is 12.6. The molecule has 1 saturated heterocycles. The largest absolute Gasteiger partial charge is 0.351 e. The molecule has 136 valence electrons. The van der Waals surface area contributed by atoms with Crippen molar-refractivity contribution in [1.29, 1.82) is 0 Å². The molecule has 1 aromatic carbocycles. The SMILES string of the molecule is Cc1ccc(N2C(=O)CC2(C(=O)NC2CCCCC2)c2cccs2)cc1. The molecular weight excluding hydrogens is 344 g/mol. The van der Waals surface area contributed by atoms with Crippen LogP contribution in [0.25, 0.3) is 0 Å². The van der Waals surface area contributed by atoms with E-state index in [1.165, 1.54) is 6.42 Å². The van der Waals surface area contributed by atoms with Gasteiger partial charge in [-0.3, -0.25) is 14.5 Å². The Labute approximate surface area is 158 Å². The number of nitrogens with zero attached hydrogens (tertiary/aromatic N) is 1. The van der Waals surface area contributed by atoms with Crippen molar-refractivity contribution in [3.63, 3.8) is 0 Å². The maximum absolute atomic E-state index is 13.4. The Morgan fingerprint density at radius 3 is 2.50 bits per heavy atom. The molecule has 26 heavy (non-hydrogen) atoms. The lowest BCUT2D eigenvalue weighted by Crippen LogP contribution is -2.69. The zero-order valence-electron chi connectivity index (χ0n) is 15.0. The van der Waals surface area contributed by atoms with Crippen molar-refractivity contribution in [2.75, 3.05) is 4.90 Å². The summed E-state index contributed by atoms with van der Waals surface area (Å²) in [5.41, 5.74) is 1.02. The summed E-state index contributed by atoms with van der Waals surface area (Å²) in [7, 11) is 0. The highest BCUT2D eigenvalue weighted by molar-refractivity contribution is 7.10. The Morgan fingerprint density at radius 2 is 1.88 bits per heavy atom. The molecule has 1 aliphatic carbocycles. The number of amides is 2. The lowest BCUT2D eigenvalue weighted by molar-refractivity contribution is -0.140. The van der Waals surface area contributed by atoms with Crippen LogP contribution >= 0.6 is 11.3 Å². The van der Waals surface area contributed by atoms with Crippen molar-refractivity contribution in [2.45, 2.75) is 57.0 Å². The molecule has 2 aliphatic rings. The van der Waals surface area contributed by atoms with Crippen LogP contribution in [0, 0.1) is 6.92 Å². The number of carbonyl (C=O) groups is 2. The summed E-state index contributed by atoms with van der Waals surface area (Å²) < 4.78 is 0. The molecule has 2 amide bonds. The molecular formula is C21H24N2O2S. The predicted octanol–water partition coefficient (Wildman–Crippen LogP) is 4.14. The number of nitrogens with one attached hydrogen (secondary N) is 1. The summed E-state index contributed by atoms with van der Waals surface area (Å²) in [6.45, 7) is 2.02. The monoisotopic (exact) mass is 368 g/mol. The number of aryl methyl sites for hydroxylation is 1. The molecule has 1 atom stereocenters. The van der Waals surface area contributed by atoms with Crippen LogP contribution < -0.4 is 10.2 Å². The van der Waals surface area contributed by atoms with Gasteiger partial charge in [0.2, 0.25) is 5.91 Å². The minimum Gasteiger partial charge on any atom is -0.351 e. The summed E-state index contributed by atoms with van der Waals surface area (Å²) in [5, 5.41) is 5.23. The van der Waals surface area contributed by atoms with Crippen molar-refractivity contribution in [3.8, 4) is 0 Å². The summed E-state index contributed by atoms with van der Waals surface area (Å²) in [6.07, 6.45) is 5.88. The second-order valence-electron chi connectivity index (χ2n) is 7.39. The van der Waals surface area contributed by atoms with E-state index in [2.05, 4.69) is 5.32 Å². The van der Waals surface area contributed by atoms with Gasteiger partial charge >= 0.3 is 0 Å². The van der Waals surface area contributed by atoms with Crippen LogP contribution in [0.5, 0.6) is 0 Å². The first-order valence-corrected chi connectivity index (χ1v) is 10.2. The summed E-state index contributed by atoms with van der Waals surface area (Å²) in [5.74, 6) is -0.0342. The van der Waals surface area contributed by atoms with Crippen LogP contribution in [0.4, 0.5) is 5.69 Å². The van der Waals surface area contributed by atoms with Crippen molar-refractivity contribution in [1.82, 2.24) is 5.32 Å². The molecule has 1 aromatic heterocycles. The van der Waals surface area contributed by atoms with Gasteiger partial charge in [-0.25, -0.2) is 0 Å². The van der Waals surface area contributed by atoms with Gasteiger partial charge in [-0.2, -0.15) is 0 Å². The Morgan fingerprint density at radius 1 is 1.15 bits per heavy atom. The van der Waals surface area contributed by atoms with Crippen LogP contribution in [-0.2, 0) is 15.1 Å².